The molecule has 0 spiro atoms. The summed E-state index contributed by atoms with van der Waals surface area (Å²) in [4.78, 5) is 23.2. The van der Waals surface area contributed by atoms with Gasteiger partial charge in [0.05, 0.1) is 40.4 Å². The van der Waals surface area contributed by atoms with Crippen LogP contribution in [0.15, 0.2) is 47.3 Å². The minimum Gasteiger partial charge on any atom is -0.494 e. The second kappa shape index (κ2) is 13.2. The Labute approximate surface area is 272 Å². The molecule has 4 heterocycles. The highest BCUT2D eigenvalue weighted by molar-refractivity contribution is 9.10. The van der Waals surface area contributed by atoms with Gasteiger partial charge in [-0.1, -0.05) is 0 Å². The molecule has 0 radical (unpaired) electrons. The van der Waals surface area contributed by atoms with Crippen molar-refractivity contribution >= 4 is 68.2 Å². The number of piperidine rings is 1. The number of anilines is 5. The molecule has 0 saturated carbocycles. The van der Waals surface area contributed by atoms with Gasteiger partial charge in [-0.25, -0.2) is 4.98 Å². The van der Waals surface area contributed by atoms with E-state index in [2.05, 4.69) is 70.4 Å². The molecule has 0 atom stereocenters. The van der Waals surface area contributed by atoms with Gasteiger partial charge in [0.2, 0.25) is 5.95 Å². The Balaban J connectivity index is 1.19. The van der Waals surface area contributed by atoms with Crippen LogP contribution >= 0.6 is 23.1 Å². The van der Waals surface area contributed by atoms with Crippen molar-refractivity contribution in [1.29, 1.82) is 0 Å². The fourth-order valence-corrected chi connectivity index (χ4v) is 8.12. The van der Waals surface area contributed by atoms with E-state index < -0.39 is 7.14 Å². The van der Waals surface area contributed by atoms with Crippen molar-refractivity contribution in [2.45, 2.75) is 25.8 Å². The molecule has 45 heavy (non-hydrogen) atoms. The first-order valence-corrected chi connectivity index (χ1v) is 18.6. The average molecular weight is 696 g/mol. The third kappa shape index (κ3) is 6.79. The largest absolute Gasteiger partial charge is 0.494 e. The first-order valence-electron chi connectivity index (χ1n) is 15.2. The highest BCUT2D eigenvalue weighted by Crippen LogP contribution is 2.42. The standard InChI is InChI=1S/C32H40BrN8O3P/c1-20-14-26(28(44-3)15-27(20)40-12-8-22(9-13-40)41-17-21(18-41)19-43-2)38-32-36-16-23(33)31(39-32)37-25-7-6-24-29(35-11-10-34-24)30(25)45(4,5)42/h6-7,10-11,14-16,21-22H,8-9,12-13,17-19H2,1-5H3,(H2,36,37,38,39). The van der Waals surface area contributed by atoms with E-state index in [4.69, 9.17) is 14.5 Å². The molecule has 2 aromatic carbocycles. The van der Waals surface area contributed by atoms with Crippen LogP contribution in [0, 0.1) is 12.8 Å². The SMILES string of the molecule is COCC1CN(C2CCN(c3cc(OC)c(Nc4ncc(Br)c(Nc5ccc6nccnc6c5P(C)(C)=O)n4)cc3C)CC2)C1. The molecule has 4 aromatic rings. The molecular weight excluding hydrogens is 655 g/mol. The number of benzene rings is 2. The second-order valence-corrected chi connectivity index (χ2v) is 16.2. The first kappa shape index (κ1) is 31.7. The van der Waals surface area contributed by atoms with E-state index in [0.717, 1.165) is 62.6 Å². The van der Waals surface area contributed by atoms with Crippen LogP contribution in [0.3, 0.4) is 0 Å². The van der Waals surface area contributed by atoms with Gasteiger partial charge in [0.25, 0.3) is 0 Å². The minimum atomic E-state index is -2.73. The van der Waals surface area contributed by atoms with Crippen LogP contribution < -0.4 is 25.6 Å². The molecule has 0 aliphatic carbocycles. The van der Waals surface area contributed by atoms with Crippen molar-refractivity contribution in [3.8, 4) is 5.75 Å². The Kier molecular flexibility index (Phi) is 9.29. The Hall–Kier alpha value is -3.31. The lowest BCUT2D eigenvalue weighted by molar-refractivity contribution is -0.000666. The lowest BCUT2D eigenvalue weighted by Crippen LogP contribution is -2.56. The summed E-state index contributed by atoms with van der Waals surface area (Å²) >= 11 is 3.57. The van der Waals surface area contributed by atoms with Crippen LogP contribution in [-0.4, -0.2) is 91.2 Å². The van der Waals surface area contributed by atoms with Gasteiger partial charge in [-0.3, -0.25) is 14.9 Å². The Morgan fingerprint density at radius 2 is 1.78 bits per heavy atom. The van der Waals surface area contributed by atoms with Gasteiger partial charge in [0, 0.05) is 75.6 Å². The van der Waals surface area contributed by atoms with Crippen molar-refractivity contribution < 1.29 is 14.0 Å². The van der Waals surface area contributed by atoms with E-state index in [1.54, 1.807) is 46.1 Å². The first-order chi connectivity index (χ1) is 21.6. The number of ether oxygens (including phenoxy) is 2. The van der Waals surface area contributed by atoms with Crippen molar-refractivity contribution in [2.24, 2.45) is 5.92 Å². The smallest absolute Gasteiger partial charge is 0.229 e. The lowest BCUT2D eigenvalue weighted by atomic mass is 9.93. The maximum absolute atomic E-state index is 13.4. The zero-order valence-electron chi connectivity index (χ0n) is 26.4. The summed E-state index contributed by atoms with van der Waals surface area (Å²) in [5, 5.41) is 7.34. The quantitative estimate of drug-likeness (QED) is 0.197. The molecule has 2 fully saturated rings. The number of nitrogens with zero attached hydrogens (tertiary/aromatic N) is 6. The molecule has 2 aliphatic rings. The van der Waals surface area contributed by atoms with Crippen molar-refractivity contribution in [3.63, 3.8) is 0 Å². The zero-order valence-corrected chi connectivity index (χ0v) is 28.9. The van der Waals surface area contributed by atoms with Gasteiger partial charge in [-0.2, -0.15) is 4.98 Å². The molecule has 13 heteroatoms. The Morgan fingerprint density at radius 1 is 1.02 bits per heavy atom. The predicted octanol–water partition coefficient (Wildman–Crippen LogP) is 5.78. The normalized spacial score (nSPS) is 16.5. The number of rotatable bonds is 10. The lowest BCUT2D eigenvalue weighted by Gasteiger charge is -2.47. The molecule has 6 rings (SSSR count). The number of nitrogens with one attached hydrogen (secondary N) is 2. The highest BCUT2D eigenvalue weighted by atomic mass is 79.9. The van der Waals surface area contributed by atoms with Gasteiger partial charge >= 0.3 is 0 Å². The van der Waals surface area contributed by atoms with Crippen LogP contribution in [0.25, 0.3) is 11.0 Å². The summed E-state index contributed by atoms with van der Waals surface area (Å²) in [5.74, 6) is 2.32. The van der Waals surface area contributed by atoms with Gasteiger partial charge < -0.3 is 29.6 Å². The Morgan fingerprint density at radius 3 is 2.49 bits per heavy atom. The number of hydrogen-bond acceptors (Lipinski definition) is 11. The molecule has 0 bridgehead atoms. The molecule has 2 aliphatic heterocycles. The fourth-order valence-electron chi connectivity index (χ4n) is 6.44. The van der Waals surface area contributed by atoms with Crippen LogP contribution in [0.5, 0.6) is 5.75 Å². The number of halogens is 1. The zero-order chi connectivity index (χ0) is 31.7. The summed E-state index contributed by atoms with van der Waals surface area (Å²) < 4.78 is 25.2. The van der Waals surface area contributed by atoms with Gasteiger partial charge in [-0.15, -0.1) is 0 Å². The van der Waals surface area contributed by atoms with Gasteiger partial charge in [0.1, 0.15) is 24.2 Å². The summed E-state index contributed by atoms with van der Waals surface area (Å²) in [6.45, 7) is 10.8. The van der Waals surface area contributed by atoms with E-state index in [-0.39, 0.29) is 0 Å². The number of fused-ring (bicyclic) bond motifs is 1. The van der Waals surface area contributed by atoms with E-state index >= 15 is 0 Å². The van der Waals surface area contributed by atoms with Crippen molar-refractivity contribution in [2.75, 3.05) is 75.9 Å². The molecule has 2 N–H and O–H groups in total. The van der Waals surface area contributed by atoms with Crippen LogP contribution in [-0.2, 0) is 9.30 Å². The van der Waals surface area contributed by atoms with Crippen molar-refractivity contribution in [3.05, 3.63) is 52.9 Å². The summed E-state index contributed by atoms with van der Waals surface area (Å²) in [7, 11) is 0.736. The van der Waals surface area contributed by atoms with E-state index in [0.29, 0.717) is 50.2 Å². The molecule has 2 aromatic heterocycles. The van der Waals surface area contributed by atoms with E-state index in [1.165, 1.54) is 5.69 Å². The number of methoxy groups -OCH3 is 2. The molecule has 11 nitrogen and oxygen atoms in total. The molecule has 0 unspecified atom stereocenters. The molecule has 238 valence electrons. The van der Waals surface area contributed by atoms with E-state index in [9.17, 15) is 4.57 Å². The summed E-state index contributed by atoms with van der Waals surface area (Å²) in [6, 6.07) is 8.57. The number of likely N-dealkylation sites (tertiary alicyclic amines) is 1. The minimum absolute atomic E-state index is 0.395. The molecule has 0 amide bonds. The van der Waals surface area contributed by atoms with Crippen molar-refractivity contribution in [1.82, 2.24) is 24.8 Å². The molecular formula is C32H40BrN8O3P. The summed E-state index contributed by atoms with van der Waals surface area (Å²) in [5.41, 5.74) is 5.08. The predicted molar refractivity (Wildman–Crippen MR) is 185 cm³/mol. The monoisotopic (exact) mass is 694 g/mol. The van der Waals surface area contributed by atoms with E-state index in [1.807, 2.05) is 12.1 Å². The number of aromatic nitrogens is 4. The maximum Gasteiger partial charge on any atom is 0.229 e. The number of hydrogen-bond donors (Lipinski definition) is 2. The summed E-state index contributed by atoms with van der Waals surface area (Å²) in [6.07, 6.45) is 7.24. The third-order valence-electron chi connectivity index (χ3n) is 8.62. The van der Waals surface area contributed by atoms with Crippen LogP contribution in [0.4, 0.5) is 28.8 Å². The maximum atomic E-state index is 13.4. The second-order valence-electron chi connectivity index (χ2n) is 12.2. The Bertz CT molecular complexity index is 1740. The van der Waals surface area contributed by atoms with Crippen LogP contribution in [0.1, 0.15) is 18.4 Å². The average Bonchev–Trinajstić information content (AvgIpc) is 3.00. The highest BCUT2D eigenvalue weighted by Gasteiger charge is 2.34. The third-order valence-corrected chi connectivity index (χ3v) is 10.7. The van der Waals surface area contributed by atoms with Gasteiger partial charge in [0.15, 0.2) is 0 Å². The fraction of sp³-hybridized carbons (Fsp3) is 0.438. The van der Waals surface area contributed by atoms with Gasteiger partial charge in [-0.05, 0) is 72.8 Å². The topological polar surface area (TPSA) is 118 Å². The molecule has 2 saturated heterocycles. The number of aryl methyl sites for hydroxylation is 1. The van der Waals surface area contributed by atoms with Crippen LogP contribution in [0.2, 0.25) is 0 Å².